The van der Waals surface area contributed by atoms with Crippen molar-refractivity contribution in [3.63, 3.8) is 0 Å². The maximum atomic E-state index is 12.5. The number of nitrogens with zero attached hydrogens (tertiary/aromatic N) is 2. The van der Waals surface area contributed by atoms with Gasteiger partial charge in [0.05, 0.1) is 28.3 Å². The highest BCUT2D eigenvalue weighted by Crippen LogP contribution is 2.28. The lowest BCUT2D eigenvalue weighted by molar-refractivity contribution is -0.384. The Morgan fingerprint density at radius 1 is 0.933 bits per heavy atom. The van der Waals surface area contributed by atoms with E-state index in [1.165, 1.54) is 12.1 Å². The first-order valence-electron chi connectivity index (χ1n) is 9.49. The van der Waals surface area contributed by atoms with Crippen molar-refractivity contribution in [1.82, 2.24) is 4.98 Å². The van der Waals surface area contributed by atoms with E-state index in [-0.39, 0.29) is 11.7 Å². The van der Waals surface area contributed by atoms with Crippen LogP contribution < -0.4 is 0 Å². The number of hydrogen-bond acceptors (Lipinski definition) is 5. The number of pyridine rings is 1. The molecule has 4 rings (SSSR count). The zero-order chi connectivity index (χ0) is 21.1. The molecule has 1 aromatic heterocycles. The number of ether oxygens (including phenoxy) is 1. The first kappa shape index (κ1) is 19.3. The number of esters is 1. The topological polar surface area (TPSA) is 82.3 Å². The maximum absolute atomic E-state index is 12.5. The van der Waals surface area contributed by atoms with E-state index in [0.717, 1.165) is 27.6 Å². The van der Waals surface area contributed by atoms with Gasteiger partial charge in [-0.15, -0.1) is 0 Å². The largest absolute Gasteiger partial charge is 0.462 e. The molecule has 0 amide bonds. The summed E-state index contributed by atoms with van der Waals surface area (Å²) >= 11 is 0. The van der Waals surface area contributed by atoms with Crippen molar-refractivity contribution in [3.05, 3.63) is 94.5 Å². The van der Waals surface area contributed by atoms with Crippen LogP contribution in [0.3, 0.4) is 0 Å². The fraction of sp³-hybridized carbons (Fsp3) is 0.0833. The summed E-state index contributed by atoms with van der Waals surface area (Å²) in [5.41, 5.74) is 4.60. The summed E-state index contributed by atoms with van der Waals surface area (Å²) in [7, 11) is 0. The van der Waals surface area contributed by atoms with Crippen LogP contribution >= 0.6 is 0 Å². The van der Waals surface area contributed by atoms with Crippen molar-refractivity contribution in [2.75, 3.05) is 6.61 Å². The molecule has 0 unspecified atom stereocenters. The molecule has 0 fully saturated rings. The van der Waals surface area contributed by atoms with E-state index in [2.05, 4.69) is 0 Å². The SMILES string of the molecule is CCOC(=O)c1cc(-c2ccc(-c3ccc([N+](=O)[O-])cc3)cc2)nc2ccccc12. The second-order valence-corrected chi connectivity index (χ2v) is 6.67. The monoisotopic (exact) mass is 398 g/mol. The Morgan fingerprint density at radius 2 is 1.53 bits per heavy atom. The van der Waals surface area contributed by atoms with Crippen LogP contribution in [0.15, 0.2) is 78.9 Å². The molecular formula is C24H18N2O4. The van der Waals surface area contributed by atoms with E-state index in [0.29, 0.717) is 17.9 Å². The van der Waals surface area contributed by atoms with E-state index in [9.17, 15) is 14.9 Å². The third kappa shape index (κ3) is 3.75. The number of para-hydroxylation sites is 1. The maximum Gasteiger partial charge on any atom is 0.338 e. The number of benzene rings is 3. The summed E-state index contributed by atoms with van der Waals surface area (Å²) in [6.45, 7) is 2.08. The third-order valence-corrected chi connectivity index (χ3v) is 4.80. The van der Waals surface area contributed by atoms with Gasteiger partial charge in [0.25, 0.3) is 5.69 Å². The minimum absolute atomic E-state index is 0.0576. The lowest BCUT2D eigenvalue weighted by atomic mass is 10.0. The van der Waals surface area contributed by atoms with E-state index in [4.69, 9.17) is 9.72 Å². The molecule has 0 saturated carbocycles. The molecular weight excluding hydrogens is 380 g/mol. The Labute approximate surface area is 172 Å². The lowest BCUT2D eigenvalue weighted by Gasteiger charge is -2.10. The number of carbonyl (C=O) groups is 1. The molecule has 148 valence electrons. The number of nitro benzene ring substituents is 1. The van der Waals surface area contributed by atoms with Crippen LogP contribution in [0.5, 0.6) is 0 Å². The van der Waals surface area contributed by atoms with Gasteiger partial charge >= 0.3 is 5.97 Å². The average Bonchev–Trinajstić information content (AvgIpc) is 2.78. The molecule has 0 atom stereocenters. The first-order valence-corrected chi connectivity index (χ1v) is 9.49. The number of aromatic nitrogens is 1. The van der Waals surface area contributed by atoms with Crippen LogP contribution in [0.2, 0.25) is 0 Å². The highest BCUT2D eigenvalue weighted by Gasteiger charge is 2.15. The molecule has 0 aliphatic rings. The quantitative estimate of drug-likeness (QED) is 0.246. The molecule has 4 aromatic rings. The van der Waals surface area contributed by atoms with Crippen LogP contribution in [-0.2, 0) is 4.74 Å². The molecule has 0 aliphatic heterocycles. The Kier molecular flexibility index (Phi) is 5.22. The summed E-state index contributed by atoms with van der Waals surface area (Å²) < 4.78 is 5.22. The predicted octanol–water partition coefficient (Wildman–Crippen LogP) is 5.65. The Balaban J connectivity index is 1.72. The van der Waals surface area contributed by atoms with Crippen molar-refractivity contribution in [3.8, 4) is 22.4 Å². The summed E-state index contributed by atoms with van der Waals surface area (Å²) in [4.78, 5) is 27.6. The summed E-state index contributed by atoms with van der Waals surface area (Å²) in [6, 6.07) is 23.3. The predicted molar refractivity (Wildman–Crippen MR) is 115 cm³/mol. The van der Waals surface area contributed by atoms with E-state index in [1.54, 1.807) is 25.1 Å². The molecule has 0 saturated heterocycles. The number of hydrogen-bond donors (Lipinski definition) is 0. The molecule has 6 nitrogen and oxygen atoms in total. The second kappa shape index (κ2) is 8.13. The van der Waals surface area contributed by atoms with Crippen molar-refractivity contribution >= 4 is 22.6 Å². The minimum Gasteiger partial charge on any atom is -0.462 e. The number of nitro groups is 1. The molecule has 0 N–H and O–H groups in total. The van der Waals surface area contributed by atoms with Gasteiger partial charge in [0, 0.05) is 23.1 Å². The Bertz CT molecular complexity index is 1230. The lowest BCUT2D eigenvalue weighted by Crippen LogP contribution is -2.06. The molecule has 1 heterocycles. The van der Waals surface area contributed by atoms with Gasteiger partial charge in [0.2, 0.25) is 0 Å². The fourth-order valence-corrected chi connectivity index (χ4v) is 3.31. The third-order valence-electron chi connectivity index (χ3n) is 4.80. The van der Waals surface area contributed by atoms with Crippen LogP contribution in [0.1, 0.15) is 17.3 Å². The van der Waals surface area contributed by atoms with E-state index >= 15 is 0 Å². The summed E-state index contributed by atoms with van der Waals surface area (Å²) in [5.74, 6) is -0.375. The number of carbonyl (C=O) groups excluding carboxylic acids is 1. The molecule has 30 heavy (non-hydrogen) atoms. The zero-order valence-corrected chi connectivity index (χ0v) is 16.2. The van der Waals surface area contributed by atoms with Crippen molar-refractivity contribution < 1.29 is 14.5 Å². The standard InChI is InChI=1S/C24H18N2O4/c1-2-30-24(27)21-15-23(25-22-6-4-3-5-20(21)22)18-9-7-16(8-10-18)17-11-13-19(14-12-17)26(28)29/h3-15H,2H2,1H3. The normalized spacial score (nSPS) is 10.7. The van der Waals surface area contributed by atoms with Gasteiger partial charge in [-0.2, -0.15) is 0 Å². The molecule has 0 radical (unpaired) electrons. The summed E-state index contributed by atoms with van der Waals surface area (Å²) in [6.07, 6.45) is 0. The van der Waals surface area contributed by atoms with E-state index in [1.807, 2.05) is 48.5 Å². The Morgan fingerprint density at radius 3 is 2.17 bits per heavy atom. The molecule has 0 bridgehead atoms. The van der Waals surface area contributed by atoms with Crippen LogP contribution in [-0.4, -0.2) is 22.5 Å². The van der Waals surface area contributed by atoms with Gasteiger partial charge in [0.15, 0.2) is 0 Å². The minimum atomic E-state index is -0.417. The highest BCUT2D eigenvalue weighted by atomic mass is 16.6. The van der Waals surface area contributed by atoms with Crippen LogP contribution in [0.25, 0.3) is 33.3 Å². The average molecular weight is 398 g/mol. The van der Waals surface area contributed by atoms with Gasteiger partial charge in [0.1, 0.15) is 0 Å². The van der Waals surface area contributed by atoms with Gasteiger partial charge in [-0.3, -0.25) is 10.1 Å². The molecule has 6 heteroatoms. The van der Waals surface area contributed by atoms with E-state index < -0.39 is 4.92 Å². The zero-order valence-electron chi connectivity index (χ0n) is 16.2. The van der Waals surface area contributed by atoms with Gasteiger partial charge in [-0.05, 0) is 42.3 Å². The second-order valence-electron chi connectivity index (χ2n) is 6.67. The fourth-order valence-electron chi connectivity index (χ4n) is 3.31. The highest BCUT2D eigenvalue weighted by molar-refractivity contribution is 6.04. The van der Waals surface area contributed by atoms with Gasteiger partial charge in [-0.25, -0.2) is 9.78 Å². The van der Waals surface area contributed by atoms with Crippen molar-refractivity contribution in [2.45, 2.75) is 6.92 Å². The summed E-state index contributed by atoms with van der Waals surface area (Å²) in [5, 5.41) is 11.6. The van der Waals surface area contributed by atoms with Crippen molar-refractivity contribution in [1.29, 1.82) is 0 Å². The molecule has 0 aliphatic carbocycles. The Hall–Kier alpha value is -4.06. The molecule has 3 aromatic carbocycles. The van der Waals surface area contributed by atoms with Crippen molar-refractivity contribution in [2.24, 2.45) is 0 Å². The number of non-ortho nitro benzene ring substituents is 1. The molecule has 0 spiro atoms. The number of fused-ring (bicyclic) bond motifs is 1. The van der Waals surface area contributed by atoms with Gasteiger partial charge < -0.3 is 4.74 Å². The van der Waals surface area contributed by atoms with Crippen LogP contribution in [0, 0.1) is 10.1 Å². The first-order chi connectivity index (χ1) is 14.6. The van der Waals surface area contributed by atoms with Crippen LogP contribution in [0.4, 0.5) is 5.69 Å². The number of rotatable bonds is 5. The smallest absolute Gasteiger partial charge is 0.338 e. The van der Waals surface area contributed by atoms with Gasteiger partial charge in [-0.1, -0.05) is 42.5 Å².